The molecule has 0 amide bonds. The van der Waals surface area contributed by atoms with Gasteiger partial charge in [-0.1, -0.05) is 41.5 Å². The first-order valence-electron chi connectivity index (χ1n) is 12.2. The lowest BCUT2D eigenvalue weighted by molar-refractivity contribution is 0.0769. The lowest BCUT2D eigenvalue weighted by Crippen LogP contribution is -2.57. The van der Waals surface area contributed by atoms with Crippen molar-refractivity contribution in [3.63, 3.8) is 0 Å². The monoisotopic (exact) mass is 425 g/mol. The zero-order valence-electron chi connectivity index (χ0n) is 20.7. The third-order valence-corrected chi connectivity index (χ3v) is 6.94. The summed E-state index contributed by atoms with van der Waals surface area (Å²) < 4.78 is 0. The predicted octanol–water partition coefficient (Wildman–Crippen LogP) is 0.667. The molecule has 7 nitrogen and oxygen atoms in total. The first-order chi connectivity index (χ1) is 14.2. The van der Waals surface area contributed by atoms with Gasteiger partial charge in [-0.25, -0.2) is 0 Å². The minimum Gasteiger partial charge on any atom is -0.316 e. The number of nitrogens with one attached hydrogen (secondary N) is 6. The molecule has 3 aliphatic rings. The van der Waals surface area contributed by atoms with Crippen LogP contribution in [0.4, 0.5) is 0 Å². The van der Waals surface area contributed by atoms with Crippen LogP contribution in [0.5, 0.6) is 0 Å². The van der Waals surface area contributed by atoms with Gasteiger partial charge in [0, 0.05) is 44.7 Å². The molecule has 0 aromatic heterocycles. The minimum atomic E-state index is 0.158. The van der Waals surface area contributed by atoms with E-state index in [1.807, 2.05) is 0 Å². The van der Waals surface area contributed by atoms with Gasteiger partial charge in [-0.05, 0) is 42.8 Å². The van der Waals surface area contributed by atoms with Gasteiger partial charge in [0.15, 0.2) is 0 Å². The van der Waals surface area contributed by atoms with Crippen LogP contribution in [0.3, 0.4) is 0 Å². The average molecular weight is 426 g/mol. The highest BCUT2D eigenvalue weighted by molar-refractivity contribution is 4.96. The quantitative estimate of drug-likeness (QED) is 0.341. The SMILES string of the molecule is CC1CNCN2CNCC(C)CNCC(C(C)(C)C)(CNC1)CNCC(C)CNC2. The van der Waals surface area contributed by atoms with E-state index in [1.54, 1.807) is 0 Å². The molecule has 0 spiro atoms. The summed E-state index contributed by atoms with van der Waals surface area (Å²) in [5, 5.41) is 22.6. The Morgan fingerprint density at radius 2 is 0.867 bits per heavy atom. The average Bonchev–Trinajstić information content (AvgIpc) is 2.64. The fourth-order valence-corrected chi connectivity index (χ4v) is 4.45. The van der Waals surface area contributed by atoms with E-state index >= 15 is 0 Å². The molecule has 3 unspecified atom stereocenters. The zero-order valence-corrected chi connectivity index (χ0v) is 20.7. The first-order valence-corrected chi connectivity index (χ1v) is 12.2. The molecule has 178 valence electrons. The van der Waals surface area contributed by atoms with Crippen molar-refractivity contribution in [2.45, 2.75) is 41.5 Å². The molecule has 6 N–H and O–H groups in total. The van der Waals surface area contributed by atoms with E-state index < -0.39 is 0 Å². The maximum absolute atomic E-state index is 3.84. The van der Waals surface area contributed by atoms with Crippen LogP contribution in [0, 0.1) is 28.6 Å². The Hall–Kier alpha value is -0.280. The van der Waals surface area contributed by atoms with Crippen LogP contribution in [0.15, 0.2) is 0 Å². The van der Waals surface area contributed by atoms with E-state index in [4.69, 9.17) is 0 Å². The lowest BCUT2D eigenvalue weighted by Gasteiger charge is -2.46. The molecule has 2 bridgehead atoms. The second-order valence-corrected chi connectivity index (χ2v) is 11.2. The Balaban J connectivity index is 2.23. The van der Waals surface area contributed by atoms with Gasteiger partial charge in [-0.2, -0.15) is 0 Å². The lowest BCUT2D eigenvalue weighted by atomic mass is 9.66. The van der Waals surface area contributed by atoms with Crippen LogP contribution in [-0.2, 0) is 0 Å². The van der Waals surface area contributed by atoms with Crippen LogP contribution >= 0.6 is 0 Å². The van der Waals surface area contributed by atoms with Crippen LogP contribution < -0.4 is 31.9 Å². The van der Waals surface area contributed by atoms with Crippen LogP contribution in [0.25, 0.3) is 0 Å². The van der Waals surface area contributed by atoms with Gasteiger partial charge in [-0.3, -0.25) is 4.90 Å². The number of hydrogen-bond acceptors (Lipinski definition) is 7. The van der Waals surface area contributed by atoms with Crippen molar-refractivity contribution in [1.82, 2.24) is 36.8 Å². The van der Waals surface area contributed by atoms with E-state index in [9.17, 15) is 0 Å². The van der Waals surface area contributed by atoms with Gasteiger partial charge in [-0.15, -0.1) is 0 Å². The Kier molecular flexibility index (Phi) is 11.0. The number of rotatable bonds is 0. The summed E-state index contributed by atoms with van der Waals surface area (Å²) in [5.74, 6) is 1.81. The van der Waals surface area contributed by atoms with E-state index in [0.717, 1.165) is 78.9 Å². The van der Waals surface area contributed by atoms with Crippen molar-refractivity contribution in [3.8, 4) is 0 Å². The van der Waals surface area contributed by atoms with Crippen molar-refractivity contribution < 1.29 is 0 Å². The fourth-order valence-electron chi connectivity index (χ4n) is 4.45. The minimum absolute atomic E-state index is 0.158. The second kappa shape index (κ2) is 12.7. The Bertz CT molecular complexity index is 410. The zero-order chi connectivity index (χ0) is 22.0. The molecule has 3 saturated heterocycles. The molecule has 0 aromatic carbocycles. The Morgan fingerprint density at radius 3 is 1.17 bits per heavy atom. The van der Waals surface area contributed by atoms with Gasteiger partial charge in [0.25, 0.3) is 0 Å². The van der Waals surface area contributed by atoms with E-state index in [2.05, 4.69) is 78.3 Å². The largest absolute Gasteiger partial charge is 0.316 e. The molecule has 0 aliphatic carbocycles. The fraction of sp³-hybridized carbons (Fsp3) is 1.00. The van der Waals surface area contributed by atoms with Gasteiger partial charge in [0.1, 0.15) is 0 Å². The standard InChI is InChI=1S/C23H51N7/c1-19-7-24-13-23(22(4,5)6)14-25-8-20(2)11-28-17-30(16-27-10-19)18-29-12-21(3)9-26-15-23/h19-21,24-29H,7-18H2,1-6H3. The molecule has 0 aromatic rings. The summed E-state index contributed by atoms with van der Waals surface area (Å²) >= 11 is 0. The summed E-state index contributed by atoms with van der Waals surface area (Å²) in [6, 6.07) is 0. The van der Waals surface area contributed by atoms with Gasteiger partial charge < -0.3 is 31.9 Å². The number of nitrogens with zero attached hydrogens (tertiary/aromatic N) is 1. The van der Waals surface area contributed by atoms with Crippen molar-refractivity contribution >= 4 is 0 Å². The summed E-state index contributed by atoms with van der Waals surface area (Å²) in [5.41, 5.74) is 0.354. The van der Waals surface area contributed by atoms with E-state index in [-0.39, 0.29) is 10.8 Å². The number of hydrogen-bond donors (Lipinski definition) is 6. The molecular weight excluding hydrogens is 374 g/mol. The van der Waals surface area contributed by atoms with Crippen molar-refractivity contribution in [2.75, 3.05) is 78.9 Å². The predicted molar refractivity (Wildman–Crippen MR) is 128 cm³/mol. The van der Waals surface area contributed by atoms with Crippen molar-refractivity contribution in [2.24, 2.45) is 28.6 Å². The molecule has 3 heterocycles. The maximum Gasteiger partial charge on any atom is 0.0505 e. The third-order valence-electron chi connectivity index (χ3n) is 6.94. The second-order valence-electron chi connectivity index (χ2n) is 11.2. The summed E-state index contributed by atoms with van der Waals surface area (Å²) in [7, 11) is 0. The Morgan fingerprint density at radius 1 is 0.567 bits per heavy atom. The van der Waals surface area contributed by atoms with Crippen molar-refractivity contribution in [1.29, 1.82) is 0 Å². The third kappa shape index (κ3) is 8.69. The van der Waals surface area contributed by atoms with E-state index in [0.29, 0.717) is 17.8 Å². The maximum atomic E-state index is 3.84. The summed E-state index contributed by atoms with van der Waals surface area (Å²) in [4.78, 5) is 2.43. The molecule has 30 heavy (non-hydrogen) atoms. The molecule has 3 rings (SSSR count). The van der Waals surface area contributed by atoms with Crippen LogP contribution in [0.1, 0.15) is 41.5 Å². The molecule has 0 saturated carbocycles. The van der Waals surface area contributed by atoms with Gasteiger partial charge >= 0.3 is 0 Å². The highest BCUT2D eigenvalue weighted by atomic mass is 15.3. The van der Waals surface area contributed by atoms with Crippen LogP contribution in [0.2, 0.25) is 0 Å². The Labute approximate surface area is 186 Å². The topological polar surface area (TPSA) is 75.4 Å². The molecule has 3 atom stereocenters. The van der Waals surface area contributed by atoms with E-state index in [1.165, 1.54) is 0 Å². The molecule has 3 fully saturated rings. The smallest absolute Gasteiger partial charge is 0.0505 e. The molecule has 7 heteroatoms. The van der Waals surface area contributed by atoms with Gasteiger partial charge in [0.05, 0.1) is 20.0 Å². The molecular formula is C23H51N7. The summed E-state index contributed by atoms with van der Waals surface area (Å²) in [6.45, 7) is 26.3. The highest BCUT2D eigenvalue weighted by Gasteiger charge is 2.41. The molecule has 3 aliphatic heterocycles. The molecule has 0 radical (unpaired) electrons. The number of fused-ring (bicyclic) bond motifs is 18. The highest BCUT2D eigenvalue weighted by Crippen LogP contribution is 2.37. The first kappa shape index (κ1) is 26.0. The van der Waals surface area contributed by atoms with Crippen molar-refractivity contribution in [3.05, 3.63) is 0 Å². The van der Waals surface area contributed by atoms with Crippen LogP contribution in [-0.4, -0.2) is 83.8 Å². The summed E-state index contributed by atoms with van der Waals surface area (Å²) in [6.07, 6.45) is 0. The normalized spacial score (nSPS) is 37.4. The van der Waals surface area contributed by atoms with Gasteiger partial charge in [0.2, 0.25) is 0 Å².